The second kappa shape index (κ2) is 9.42. The van der Waals surface area contributed by atoms with Gasteiger partial charge in [-0.2, -0.15) is 0 Å². The minimum atomic E-state index is -3.76. The summed E-state index contributed by atoms with van der Waals surface area (Å²) in [7, 11) is -2.34. The minimum absolute atomic E-state index is 0.233. The predicted molar refractivity (Wildman–Crippen MR) is 111 cm³/mol. The summed E-state index contributed by atoms with van der Waals surface area (Å²) in [5.74, 6) is -0.732. The number of sulfonamides is 1. The van der Waals surface area contributed by atoms with Crippen molar-refractivity contribution in [3.63, 3.8) is 0 Å². The number of carbonyl (C=O) groups is 2. The van der Waals surface area contributed by atoms with Crippen LogP contribution in [0, 0.1) is 6.92 Å². The van der Waals surface area contributed by atoms with E-state index in [2.05, 4.69) is 5.32 Å². The number of nitrogens with zero attached hydrogens (tertiary/aromatic N) is 1. The summed E-state index contributed by atoms with van der Waals surface area (Å²) in [6.07, 6.45) is 1.01. The lowest BCUT2D eigenvalue weighted by Crippen LogP contribution is -2.37. The molecule has 2 aromatic rings. The van der Waals surface area contributed by atoms with Crippen LogP contribution in [0.4, 0.5) is 11.4 Å². The van der Waals surface area contributed by atoms with Gasteiger partial charge in [-0.3, -0.25) is 9.10 Å². The van der Waals surface area contributed by atoms with Crippen LogP contribution >= 0.6 is 0 Å². The summed E-state index contributed by atoms with van der Waals surface area (Å²) in [6.45, 7) is 3.16. The van der Waals surface area contributed by atoms with Gasteiger partial charge in [-0.1, -0.05) is 18.2 Å². The molecule has 0 unspecified atom stereocenters. The van der Waals surface area contributed by atoms with Crippen LogP contribution in [0.1, 0.15) is 22.8 Å². The molecule has 8 nitrogen and oxygen atoms in total. The minimum Gasteiger partial charge on any atom is -0.495 e. The number of methoxy groups -OCH3 is 1. The molecule has 0 heterocycles. The van der Waals surface area contributed by atoms with E-state index in [-0.39, 0.29) is 12.3 Å². The highest BCUT2D eigenvalue weighted by atomic mass is 32.2. The molecule has 156 valence electrons. The van der Waals surface area contributed by atoms with E-state index < -0.39 is 28.4 Å². The Balaban J connectivity index is 2.28. The van der Waals surface area contributed by atoms with Crippen molar-refractivity contribution in [2.24, 2.45) is 0 Å². The Morgan fingerprint density at radius 3 is 2.41 bits per heavy atom. The van der Waals surface area contributed by atoms with Gasteiger partial charge in [0.25, 0.3) is 0 Å². The van der Waals surface area contributed by atoms with Crippen molar-refractivity contribution < 1.29 is 27.5 Å². The lowest BCUT2D eigenvalue weighted by molar-refractivity contribution is -0.114. The van der Waals surface area contributed by atoms with Gasteiger partial charge < -0.3 is 14.8 Å². The standard InChI is InChI=1S/C20H24N2O6S/c1-5-28-20(24)15-9-8-10-16(14(15)2)21-19(23)13-22(29(4,25)26)17-11-6-7-12-18(17)27-3/h6-12H,5,13H2,1-4H3,(H,21,23). The molecule has 0 aliphatic heterocycles. The molecule has 0 atom stereocenters. The normalized spacial score (nSPS) is 10.9. The third-order valence-electron chi connectivity index (χ3n) is 4.14. The summed E-state index contributed by atoms with van der Waals surface area (Å²) in [5, 5.41) is 2.66. The van der Waals surface area contributed by atoms with Crippen LogP contribution in [-0.4, -0.2) is 46.8 Å². The molecule has 9 heteroatoms. The van der Waals surface area contributed by atoms with E-state index in [1.165, 1.54) is 7.11 Å². The van der Waals surface area contributed by atoms with Crippen molar-refractivity contribution in [1.29, 1.82) is 0 Å². The van der Waals surface area contributed by atoms with Crippen molar-refractivity contribution >= 4 is 33.3 Å². The third kappa shape index (κ3) is 5.47. The maximum Gasteiger partial charge on any atom is 0.338 e. The second-order valence-corrected chi connectivity index (χ2v) is 8.10. The summed E-state index contributed by atoms with van der Waals surface area (Å²) in [6, 6.07) is 11.4. The number of nitrogens with one attached hydrogen (secondary N) is 1. The number of ether oxygens (including phenoxy) is 2. The van der Waals surface area contributed by atoms with E-state index in [0.717, 1.165) is 10.6 Å². The number of para-hydroxylation sites is 2. The molecule has 0 radical (unpaired) electrons. The Morgan fingerprint density at radius 1 is 1.10 bits per heavy atom. The number of rotatable bonds is 8. The fraction of sp³-hybridized carbons (Fsp3) is 0.300. The predicted octanol–water partition coefficient (Wildman–Crippen LogP) is 2.59. The number of carbonyl (C=O) groups excluding carboxylic acids is 2. The number of benzene rings is 2. The lowest BCUT2D eigenvalue weighted by atomic mass is 10.1. The lowest BCUT2D eigenvalue weighted by Gasteiger charge is -2.24. The fourth-order valence-electron chi connectivity index (χ4n) is 2.74. The van der Waals surface area contributed by atoms with Gasteiger partial charge in [-0.15, -0.1) is 0 Å². The smallest absolute Gasteiger partial charge is 0.338 e. The Bertz CT molecular complexity index is 1000. The van der Waals surface area contributed by atoms with Crippen molar-refractivity contribution in [1.82, 2.24) is 0 Å². The van der Waals surface area contributed by atoms with Gasteiger partial charge >= 0.3 is 5.97 Å². The van der Waals surface area contributed by atoms with Gasteiger partial charge in [0.1, 0.15) is 12.3 Å². The van der Waals surface area contributed by atoms with Gasteiger partial charge in [0, 0.05) is 5.69 Å². The van der Waals surface area contributed by atoms with Gasteiger partial charge in [-0.05, 0) is 43.7 Å². The number of hydrogen-bond donors (Lipinski definition) is 1. The molecule has 0 saturated heterocycles. The van der Waals surface area contributed by atoms with Crippen molar-refractivity contribution in [3.05, 3.63) is 53.6 Å². The van der Waals surface area contributed by atoms with Crippen LogP contribution in [0.25, 0.3) is 0 Å². The average molecular weight is 420 g/mol. The van der Waals surface area contributed by atoms with Crippen molar-refractivity contribution in [2.75, 3.05) is 36.1 Å². The topological polar surface area (TPSA) is 102 Å². The molecule has 0 spiro atoms. The highest BCUT2D eigenvalue weighted by Gasteiger charge is 2.24. The first-order valence-corrected chi connectivity index (χ1v) is 10.7. The molecule has 2 rings (SSSR count). The second-order valence-electron chi connectivity index (χ2n) is 6.19. The monoisotopic (exact) mass is 420 g/mol. The SMILES string of the molecule is CCOC(=O)c1cccc(NC(=O)CN(c2ccccc2OC)S(C)(=O)=O)c1C. The van der Waals surface area contributed by atoms with E-state index >= 15 is 0 Å². The number of esters is 1. The summed E-state index contributed by atoms with van der Waals surface area (Å²) in [4.78, 5) is 24.7. The largest absolute Gasteiger partial charge is 0.495 e. The first-order chi connectivity index (χ1) is 13.7. The zero-order valence-corrected chi connectivity index (χ0v) is 17.6. The van der Waals surface area contributed by atoms with Crippen LogP contribution in [0.2, 0.25) is 0 Å². The van der Waals surface area contributed by atoms with Crippen LogP contribution in [0.15, 0.2) is 42.5 Å². The maximum absolute atomic E-state index is 12.6. The Kier molecular flexibility index (Phi) is 7.22. The van der Waals surface area contributed by atoms with E-state index in [9.17, 15) is 18.0 Å². The maximum atomic E-state index is 12.6. The highest BCUT2D eigenvalue weighted by Crippen LogP contribution is 2.29. The van der Waals surface area contributed by atoms with E-state index in [0.29, 0.717) is 22.6 Å². The molecule has 0 aliphatic rings. The molecule has 0 aromatic heterocycles. The number of hydrogen-bond acceptors (Lipinski definition) is 6. The van der Waals surface area contributed by atoms with E-state index in [1.807, 2.05) is 0 Å². The number of amides is 1. The van der Waals surface area contributed by atoms with Crippen LogP contribution in [0.3, 0.4) is 0 Å². The Labute approximate surface area is 170 Å². The third-order valence-corrected chi connectivity index (χ3v) is 5.27. The first kappa shape index (κ1) is 22.2. The molecule has 2 aromatic carbocycles. The Morgan fingerprint density at radius 2 is 1.79 bits per heavy atom. The van der Waals surface area contributed by atoms with E-state index in [1.54, 1.807) is 56.3 Å². The zero-order chi connectivity index (χ0) is 21.6. The zero-order valence-electron chi connectivity index (χ0n) is 16.8. The van der Waals surface area contributed by atoms with Gasteiger partial charge in [0.2, 0.25) is 15.9 Å². The molecule has 0 bridgehead atoms. The summed E-state index contributed by atoms with van der Waals surface area (Å²) >= 11 is 0. The molecule has 29 heavy (non-hydrogen) atoms. The molecule has 0 aliphatic carbocycles. The average Bonchev–Trinajstić information content (AvgIpc) is 2.67. The van der Waals surface area contributed by atoms with Crippen molar-refractivity contribution in [3.8, 4) is 5.75 Å². The van der Waals surface area contributed by atoms with Crippen LogP contribution in [0.5, 0.6) is 5.75 Å². The van der Waals surface area contributed by atoms with E-state index in [4.69, 9.17) is 9.47 Å². The fourth-order valence-corrected chi connectivity index (χ4v) is 3.60. The molecule has 1 amide bonds. The first-order valence-electron chi connectivity index (χ1n) is 8.86. The van der Waals surface area contributed by atoms with Gasteiger partial charge in [0.05, 0.1) is 31.2 Å². The molecular weight excluding hydrogens is 396 g/mol. The quantitative estimate of drug-likeness (QED) is 0.659. The molecule has 0 fully saturated rings. The van der Waals surface area contributed by atoms with Crippen LogP contribution in [-0.2, 0) is 19.6 Å². The molecule has 1 N–H and O–H groups in total. The molecular formula is C20H24N2O6S. The highest BCUT2D eigenvalue weighted by molar-refractivity contribution is 7.92. The molecule has 0 saturated carbocycles. The summed E-state index contributed by atoms with van der Waals surface area (Å²) in [5.41, 5.74) is 1.51. The van der Waals surface area contributed by atoms with Gasteiger partial charge in [0.15, 0.2) is 0 Å². The number of anilines is 2. The Hall–Kier alpha value is -3.07. The summed E-state index contributed by atoms with van der Waals surface area (Å²) < 4.78 is 35.8. The van der Waals surface area contributed by atoms with Crippen LogP contribution < -0.4 is 14.4 Å². The van der Waals surface area contributed by atoms with Gasteiger partial charge in [-0.25, -0.2) is 13.2 Å². The van der Waals surface area contributed by atoms with Crippen molar-refractivity contribution in [2.45, 2.75) is 13.8 Å².